The minimum absolute atomic E-state index is 0. The first-order valence-corrected chi connectivity index (χ1v) is 18.1. The van der Waals surface area contributed by atoms with E-state index in [1.54, 1.807) is 81.3 Å². The van der Waals surface area contributed by atoms with Gasteiger partial charge in [-0.25, -0.2) is 9.59 Å². The largest absolute Gasteiger partial charge is 0.497 e. The number of carbonyl (C=O) groups is 2. The summed E-state index contributed by atoms with van der Waals surface area (Å²) in [7, 11) is 3.32. The Morgan fingerprint density at radius 1 is 0.525 bits per heavy atom. The molecule has 0 unspecified atom stereocenters. The van der Waals surface area contributed by atoms with Crippen molar-refractivity contribution in [2.75, 3.05) is 14.2 Å². The van der Waals surface area contributed by atoms with Crippen LogP contribution in [-0.2, 0) is 20.1 Å². The van der Waals surface area contributed by atoms with Gasteiger partial charge in [0.25, 0.3) is 0 Å². The third-order valence-corrected chi connectivity index (χ3v) is 8.74. The Morgan fingerprint density at radius 2 is 1.00 bits per heavy atom. The molecule has 0 spiro atoms. The smallest absolute Gasteiger partial charge is 0.335 e. The number of nitrogens with zero attached hydrogens (tertiary/aromatic N) is 3. The van der Waals surface area contributed by atoms with E-state index in [0.717, 1.165) is 67.5 Å². The van der Waals surface area contributed by atoms with Gasteiger partial charge in [-0.1, -0.05) is 66.8 Å². The molecule has 0 atom stereocenters. The maximum atomic E-state index is 11.0. The van der Waals surface area contributed by atoms with Gasteiger partial charge in [0, 0.05) is 44.3 Å². The predicted octanol–water partition coefficient (Wildman–Crippen LogP) is 10.6. The van der Waals surface area contributed by atoms with E-state index in [4.69, 9.17) is 19.7 Å². The number of carboxylic acid groups (broad SMARTS) is 2. The summed E-state index contributed by atoms with van der Waals surface area (Å²) in [5.74, 6) is -0.299. The maximum absolute atomic E-state index is 11.0. The Balaban J connectivity index is 0.000000233. The fraction of sp³-hybridized carbons (Fsp3) is 0.0408. The Hall–Kier alpha value is -7.26. The van der Waals surface area contributed by atoms with Crippen LogP contribution in [0.15, 0.2) is 146 Å². The molecular weight excluding hydrogens is 919 g/mol. The molecule has 295 valence electrons. The second kappa shape index (κ2) is 21.3. The molecule has 0 saturated heterocycles. The van der Waals surface area contributed by atoms with Crippen molar-refractivity contribution in [3.05, 3.63) is 197 Å². The minimum Gasteiger partial charge on any atom is -0.497 e. The normalized spacial score (nSPS) is 10.8. The van der Waals surface area contributed by atoms with Gasteiger partial charge in [0.2, 0.25) is 0 Å². The van der Waals surface area contributed by atoms with E-state index in [9.17, 15) is 9.59 Å². The van der Waals surface area contributed by atoms with Crippen molar-refractivity contribution in [1.82, 2.24) is 15.0 Å². The van der Waals surface area contributed by atoms with E-state index in [2.05, 4.69) is 21.0 Å². The third-order valence-electron chi connectivity index (χ3n) is 8.74. The number of hydrogen-bond acceptors (Lipinski definition) is 7. The van der Waals surface area contributed by atoms with Crippen molar-refractivity contribution in [2.45, 2.75) is 0 Å². The molecule has 0 bridgehead atoms. The topological polar surface area (TPSA) is 132 Å². The first kappa shape index (κ1) is 42.9. The second-order valence-corrected chi connectivity index (χ2v) is 12.7. The van der Waals surface area contributed by atoms with Crippen LogP contribution in [0.4, 0.5) is 0 Å². The number of ether oxygens (including phenoxy) is 2. The maximum Gasteiger partial charge on any atom is 0.335 e. The second-order valence-electron chi connectivity index (χ2n) is 12.7. The summed E-state index contributed by atoms with van der Waals surface area (Å²) in [6.45, 7) is 0. The van der Waals surface area contributed by atoms with Gasteiger partial charge in [-0.3, -0.25) is 9.97 Å². The van der Waals surface area contributed by atoms with Crippen LogP contribution in [0.25, 0.3) is 59.1 Å². The van der Waals surface area contributed by atoms with Gasteiger partial charge in [0.1, 0.15) is 11.5 Å². The number of aromatic carboxylic acids is 2. The zero-order valence-corrected chi connectivity index (χ0v) is 34.4. The van der Waals surface area contributed by atoms with E-state index in [1.165, 1.54) is 0 Å². The Bertz CT molecular complexity index is 2480. The van der Waals surface area contributed by atoms with Crippen LogP contribution in [0.3, 0.4) is 0 Å². The molecule has 9 nitrogen and oxygen atoms in total. The molecule has 59 heavy (non-hydrogen) atoms. The van der Waals surface area contributed by atoms with E-state index in [0.29, 0.717) is 0 Å². The molecular formula is C49H38IrN3O6-. The molecule has 3 heterocycles. The molecule has 10 heteroatoms. The number of methoxy groups -OCH3 is 2. The minimum atomic E-state index is -0.949. The molecule has 0 aliphatic heterocycles. The van der Waals surface area contributed by atoms with Crippen LogP contribution in [0.1, 0.15) is 54.1 Å². The zero-order chi connectivity index (χ0) is 40.7. The van der Waals surface area contributed by atoms with Crippen LogP contribution >= 0.6 is 0 Å². The van der Waals surface area contributed by atoms with Gasteiger partial charge in [-0.15, -0.1) is 35.9 Å². The number of hydrogen-bond donors (Lipinski definition) is 2. The van der Waals surface area contributed by atoms with E-state index in [1.807, 2.05) is 115 Å². The van der Waals surface area contributed by atoms with E-state index < -0.39 is 11.9 Å². The fourth-order valence-corrected chi connectivity index (χ4v) is 5.65. The van der Waals surface area contributed by atoms with Crippen molar-refractivity contribution >= 4 is 48.4 Å². The Morgan fingerprint density at radius 3 is 1.46 bits per heavy atom. The summed E-state index contributed by atoms with van der Waals surface area (Å²) in [5.41, 5.74) is 9.51. The van der Waals surface area contributed by atoms with Crippen molar-refractivity contribution in [3.63, 3.8) is 0 Å². The van der Waals surface area contributed by atoms with Gasteiger partial charge in [0.15, 0.2) is 0 Å². The average molecular weight is 957 g/mol. The van der Waals surface area contributed by atoms with E-state index in [-0.39, 0.29) is 31.2 Å². The molecule has 1 radical (unpaired) electrons. The predicted molar refractivity (Wildman–Crippen MR) is 229 cm³/mol. The number of benzene rings is 4. The molecule has 0 aliphatic rings. The first-order chi connectivity index (χ1) is 28.3. The van der Waals surface area contributed by atoms with Crippen molar-refractivity contribution in [2.24, 2.45) is 0 Å². The average Bonchev–Trinajstić information content (AvgIpc) is 3.28. The quantitative estimate of drug-likeness (QED) is 0.115. The SMILES string of the molecule is COc1ccc(OC)c(/C=C/c2ccnc(-c3[c-]cccc3)c2)c1.O=C(O)c1ccc(/C=C/c2ccnc(-c3cc(/C=C/c4ccc(C(=O)O)cc4)ccn3)c2)cc1.[Ir]. The number of aromatic nitrogens is 3. The van der Waals surface area contributed by atoms with Gasteiger partial charge in [0.05, 0.1) is 36.7 Å². The molecule has 4 aromatic carbocycles. The van der Waals surface area contributed by atoms with Crippen LogP contribution in [-0.4, -0.2) is 51.3 Å². The van der Waals surface area contributed by atoms with Crippen molar-refractivity contribution in [3.8, 4) is 34.1 Å². The molecule has 2 N–H and O–H groups in total. The number of pyridine rings is 3. The van der Waals surface area contributed by atoms with Crippen LogP contribution < -0.4 is 9.47 Å². The Kier molecular flexibility index (Phi) is 15.5. The summed E-state index contributed by atoms with van der Waals surface area (Å²) in [6, 6.07) is 41.7. The van der Waals surface area contributed by atoms with Crippen LogP contribution in [0.2, 0.25) is 0 Å². The van der Waals surface area contributed by atoms with Gasteiger partial charge in [-0.2, -0.15) is 0 Å². The molecule has 3 aromatic heterocycles. The van der Waals surface area contributed by atoms with Gasteiger partial charge < -0.3 is 24.7 Å². The van der Waals surface area contributed by atoms with Gasteiger partial charge in [-0.05, 0) is 106 Å². The zero-order valence-electron chi connectivity index (χ0n) is 32.0. The summed E-state index contributed by atoms with van der Waals surface area (Å²) in [4.78, 5) is 35.3. The Labute approximate surface area is 356 Å². The number of carboxylic acids is 2. The molecule has 0 fully saturated rings. The summed E-state index contributed by atoms with van der Waals surface area (Å²) >= 11 is 0. The van der Waals surface area contributed by atoms with Crippen molar-refractivity contribution < 1.29 is 49.4 Å². The summed E-state index contributed by atoms with van der Waals surface area (Å²) in [5, 5.41) is 18.0. The molecule has 0 aliphatic carbocycles. The van der Waals surface area contributed by atoms with Gasteiger partial charge >= 0.3 is 11.9 Å². The molecule has 7 aromatic rings. The number of rotatable bonds is 12. The fourth-order valence-electron chi connectivity index (χ4n) is 5.65. The molecule has 0 saturated carbocycles. The van der Waals surface area contributed by atoms with Crippen LogP contribution in [0, 0.1) is 6.07 Å². The summed E-state index contributed by atoms with van der Waals surface area (Å²) < 4.78 is 10.7. The standard InChI is InChI=1S/C28H20N2O4.C21H18NO2.Ir/c31-27(32)23-9-5-19(6-10-23)1-3-21-13-15-29-25(17-21)26-18-22(14-16-30-26)4-2-20-7-11-24(12-8-20)28(33)34;1-23-19-10-11-21(24-2)18(15-19)9-8-16-12-13-22-20(14-16)17-6-4-3-5-7-17;/h1-18H,(H,31,32)(H,33,34);3-6,8-15H,1-2H3;/q;-1;/b3-1+,4-2+;9-8+;. The van der Waals surface area contributed by atoms with Crippen LogP contribution in [0.5, 0.6) is 11.5 Å². The molecule has 0 amide bonds. The monoisotopic (exact) mass is 957 g/mol. The third kappa shape index (κ3) is 12.4. The first-order valence-electron chi connectivity index (χ1n) is 18.1. The molecule has 7 rings (SSSR count). The van der Waals surface area contributed by atoms with E-state index >= 15 is 0 Å². The van der Waals surface area contributed by atoms with Crippen molar-refractivity contribution in [1.29, 1.82) is 0 Å². The summed E-state index contributed by atoms with van der Waals surface area (Å²) in [6.07, 6.45) is 17.0.